The number of esters is 1. The number of hydrogen-bond acceptors (Lipinski definition) is 5. The molecule has 28 heavy (non-hydrogen) atoms. The Kier molecular flexibility index (Phi) is 6.28. The number of halogens is 1. The molecule has 144 valence electrons. The van der Waals surface area contributed by atoms with Crippen molar-refractivity contribution >= 4 is 39.8 Å². The number of carbonyl (C=O) groups excluding carboxylic acids is 2. The minimum Gasteiger partial charge on any atom is -0.462 e. The number of ether oxygens (including phenoxy) is 1. The second-order valence-corrected chi connectivity index (χ2v) is 7.29. The molecule has 2 aromatic heterocycles. The SMILES string of the molecule is CCOC(=O)c1cc(-c2ccccc2)sc1NC(=O)Cn1cc(Cl)ccc1=O. The third kappa shape index (κ3) is 4.68. The number of nitrogens with one attached hydrogen (secondary N) is 1. The fourth-order valence-electron chi connectivity index (χ4n) is 2.54. The van der Waals surface area contributed by atoms with Crippen molar-refractivity contribution in [1.29, 1.82) is 0 Å². The van der Waals surface area contributed by atoms with E-state index in [1.807, 2.05) is 30.3 Å². The van der Waals surface area contributed by atoms with Gasteiger partial charge in [-0.1, -0.05) is 41.9 Å². The van der Waals surface area contributed by atoms with Gasteiger partial charge in [0.25, 0.3) is 5.56 Å². The molecule has 1 amide bonds. The second-order valence-electron chi connectivity index (χ2n) is 5.80. The van der Waals surface area contributed by atoms with Gasteiger partial charge in [-0.25, -0.2) is 4.79 Å². The van der Waals surface area contributed by atoms with Gasteiger partial charge in [0.15, 0.2) is 0 Å². The average molecular weight is 417 g/mol. The molecule has 0 bridgehead atoms. The largest absolute Gasteiger partial charge is 0.462 e. The lowest BCUT2D eigenvalue weighted by Crippen LogP contribution is -2.26. The van der Waals surface area contributed by atoms with Gasteiger partial charge in [-0.05, 0) is 24.6 Å². The van der Waals surface area contributed by atoms with Gasteiger partial charge in [-0.3, -0.25) is 9.59 Å². The number of amides is 1. The highest BCUT2D eigenvalue weighted by atomic mass is 35.5. The summed E-state index contributed by atoms with van der Waals surface area (Å²) in [6, 6.07) is 14.0. The Morgan fingerprint density at radius 2 is 1.93 bits per heavy atom. The summed E-state index contributed by atoms with van der Waals surface area (Å²) in [5, 5.41) is 3.43. The number of benzene rings is 1. The number of carbonyl (C=O) groups is 2. The van der Waals surface area contributed by atoms with Gasteiger partial charge in [0.1, 0.15) is 11.5 Å². The third-order valence-corrected chi connectivity index (χ3v) is 5.12. The van der Waals surface area contributed by atoms with E-state index in [9.17, 15) is 14.4 Å². The van der Waals surface area contributed by atoms with E-state index in [0.717, 1.165) is 10.4 Å². The molecule has 0 radical (unpaired) electrons. The zero-order valence-electron chi connectivity index (χ0n) is 15.0. The number of nitrogens with zero attached hydrogens (tertiary/aromatic N) is 1. The van der Waals surface area contributed by atoms with Crippen molar-refractivity contribution in [3.8, 4) is 10.4 Å². The van der Waals surface area contributed by atoms with E-state index in [2.05, 4.69) is 5.32 Å². The monoisotopic (exact) mass is 416 g/mol. The van der Waals surface area contributed by atoms with Crippen LogP contribution in [0, 0.1) is 0 Å². The highest BCUT2D eigenvalue weighted by Crippen LogP contribution is 2.35. The predicted octanol–water partition coefficient (Wildman–Crippen LogP) is 4.05. The molecule has 1 N–H and O–H groups in total. The summed E-state index contributed by atoms with van der Waals surface area (Å²) in [4.78, 5) is 37.5. The molecule has 0 atom stereocenters. The quantitative estimate of drug-likeness (QED) is 0.615. The van der Waals surface area contributed by atoms with Gasteiger partial charge in [-0.2, -0.15) is 0 Å². The van der Waals surface area contributed by atoms with Crippen LogP contribution >= 0.6 is 22.9 Å². The van der Waals surface area contributed by atoms with Crippen LogP contribution in [-0.2, 0) is 16.1 Å². The van der Waals surface area contributed by atoms with E-state index >= 15 is 0 Å². The average Bonchev–Trinajstić information content (AvgIpc) is 3.09. The molecular formula is C20H17ClN2O4S. The molecule has 3 aromatic rings. The number of anilines is 1. The number of rotatable bonds is 6. The fourth-order valence-corrected chi connectivity index (χ4v) is 3.78. The first kappa shape index (κ1) is 19.9. The van der Waals surface area contributed by atoms with Crippen LogP contribution in [0.2, 0.25) is 5.02 Å². The summed E-state index contributed by atoms with van der Waals surface area (Å²) in [7, 11) is 0. The molecule has 0 aliphatic carbocycles. The Balaban J connectivity index is 1.88. The van der Waals surface area contributed by atoms with Crippen LogP contribution < -0.4 is 10.9 Å². The summed E-state index contributed by atoms with van der Waals surface area (Å²) >= 11 is 7.15. The van der Waals surface area contributed by atoms with E-state index in [1.54, 1.807) is 13.0 Å². The van der Waals surface area contributed by atoms with Crippen molar-refractivity contribution in [1.82, 2.24) is 4.57 Å². The normalized spacial score (nSPS) is 10.5. The van der Waals surface area contributed by atoms with Gasteiger partial charge in [0.2, 0.25) is 5.91 Å². The van der Waals surface area contributed by atoms with Crippen LogP contribution in [0.1, 0.15) is 17.3 Å². The molecular weight excluding hydrogens is 400 g/mol. The van der Waals surface area contributed by atoms with Crippen molar-refractivity contribution in [2.45, 2.75) is 13.5 Å². The predicted molar refractivity (Wildman–Crippen MR) is 110 cm³/mol. The van der Waals surface area contributed by atoms with E-state index < -0.39 is 11.9 Å². The van der Waals surface area contributed by atoms with Crippen molar-refractivity contribution in [3.63, 3.8) is 0 Å². The van der Waals surface area contributed by atoms with Crippen LogP contribution in [0.3, 0.4) is 0 Å². The maximum absolute atomic E-state index is 12.5. The molecule has 0 spiro atoms. The van der Waals surface area contributed by atoms with Crippen molar-refractivity contribution in [3.05, 3.63) is 75.7 Å². The highest BCUT2D eigenvalue weighted by molar-refractivity contribution is 7.20. The fraction of sp³-hybridized carbons (Fsp3) is 0.150. The third-order valence-electron chi connectivity index (χ3n) is 3.80. The van der Waals surface area contributed by atoms with E-state index in [4.69, 9.17) is 16.3 Å². The molecule has 3 rings (SSSR count). The summed E-state index contributed by atoms with van der Waals surface area (Å²) in [5.74, 6) is -0.965. The molecule has 0 saturated carbocycles. The lowest BCUT2D eigenvalue weighted by molar-refractivity contribution is -0.116. The summed E-state index contributed by atoms with van der Waals surface area (Å²) in [6.45, 7) is 1.72. The number of hydrogen-bond donors (Lipinski definition) is 1. The molecule has 2 heterocycles. The lowest BCUT2D eigenvalue weighted by atomic mass is 10.1. The smallest absolute Gasteiger partial charge is 0.341 e. The van der Waals surface area contributed by atoms with Crippen LogP contribution in [0.4, 0.5) is 5.00 Å². The van der Waals surface area contributed by atoms with Crippen molar-refractivity contribution < 1.29 is 14.3 Å². The standard InChI is InChI=1S/C20H17ClN2O4S/c1-2-27-20(26)15-10-16(13-6-4-3-5-7-13)28-19(15)22-17(24)12-23-11-14(21)8-9-18(23)25/h3-11H,2,12H2,1H3,(H,22,24). The minimum absolute atomic E-state index is 0.222. The molecule has 0 fully saturated rings. The molecule has 0 aliphatic rings. The Hall–Kier alpha value is -2.90. The van der Waals surface area contributed by atoms with Crippen molar-refractivity contribution in [2.24, 2.45) is 0 Å². The maximum atomic E-state index is 12.5. The summed E-state index contributed by atoms with van der Waals surface area (Å²) in [6.07, 6.45) is 1.39. The minimum atomic E-state index is -0.517. The Morgan fingerprint density at radius 1 is 1.18 bits per heavy atom. The zero-order chi connectivity index (χ0) is 20.1. The Morgan fingerprint density at radius 3 is 2.64 bits per heavy atom. The first-order valence-electron chi connectivity index (χ1n) is 8.50. The van der Waals surface area contributed by atoms with E-state index in [-0.39, 0.29) is 24.3 Å². The molecule has 1 aromatic carbocycles. The Labute approximate surface area is 170 Å². The van der Waals surface area contributed by atoms with Gasteiger partial charge < -0.3 is 14.6 Å². The van der Waals surface area contributed by atoms with Crippen LogP contribution in [0.25, 0.3) is 10.4 Å². The van der Waals surface area contributed by atoms with Crippen molar-refractivity contribution in [2.75, 3.05) is 11.9 Å². The van der Waals surface area contributed by atoms with Gasteiger partial charge in [-0.15, -0.1) is 11.3 Å². The maximum Gasteiger partial charge on any atom is 0.341 e. The summed E-state index contributed by atoms with van der Waals surface area (Å²) in [5.41, 5.74) is 0.850. The lowest BCUT2D eigenvalue weighted by Gasteiger charge is -2.08. The molecule has 0 aliphatic heterocycles. The molecule has 8 heteroatoms. The molecule has 0 saturated heterocycles. The van der Waals surface area contributed by atoms with E-state index in [0.29, 0.717) is 10.0 Å². The van der Waals surface area contributed by atoms with Gasteiger partial charge >= 0.3 is 5.97 Å². The van der Waals surface area contributed by atoms with Crippen LogP contribution in [0.15, 0.2) is 59.5 Å². The number of pyridine rings is 1. The van der Waals surface area contributed by atoms with Gasteiger partial charge in [0.05, 0.1) is 17.2 Å². The highest BCUT2D eigenvalue weighted by Gasteiger charge is 2.20. The van der Waals surface area contributed by atoms with Gasteiger partial charge in [0, 0.05) is 17.1 Å². The molecule has 0 unspecified atom stereocenters. The van der Waals surface area contributed by atoms with E-state index in [1.165, 1.54) is 34.2 Å². The number of aromatic nitrogens is 1. The second kappa shape index (κ2) is 8.86. The Bertz CT molecular complexity index is 1060. The molecule has 6 nitrogen and oxygen atoms in total. The topological polar surface area (TPSA) is 77.4 Å². The number of thiophene rings is 1. The zero-order valence-corrected chi connectivity index (χ0v) is 16.5. The first-order valence-corrected chi connectivity index (χ1v) is 9.69. The summed E-state index contributed by atoms with van der Waals surface area (Å²) < 4.78 is 6.30. The van der Waals surface area contributed by atoms with Crippen LogP contribution in [0.5, 0.6) is 0 Å². The van der Waals surface area contributed by atoms with Crippen LogP contribution in [-0.4, -0.2) is 23.1 Å². The first-order chi connectivity index (χ1) is 13.5.